The lowest BCUT2D eigenvalue weighted by molar-refractivity contribution is 0.928. The highest BCUT2D eigenvalue weighted by Crippen LogP contribution is 2.29. The predicted molar refractivity (Wildman–Crippen MR) is 53.6 cm³/mol. The second-order valence-electron chi connectivity index (χ2n) is 3.07. The quantitative estimate of drug-likeness (QED) is 0.689. The number of hydrogen-bond donors (Lipinski definition) is 1. The van der Waals surface area contributed by atoms with Crippen LogP contribution in [0, 0.1) is 0 Å². The molecule has 0 amide bonds. The number of thiophene rings is 1. The molecule has 0 aromatic carbocycles. The third-order valence-electron chi connectivity index (χ3n) is 2.29. The Morgan fingerprint density at radius 2 is 2.54 bits per heavy atom. The molecule has 2 aromatic rings. The highest BCUT2D eigenvalue weighted by atomic mass is 32.1. The van der Waals surface area contributed by atoms with Crippen LogP contribution in [0.2, 0.25) is 0 Å². The summed E-state index contributed by atoms with van der Waals surface area (Å²) in [7, 11) is 0. The smallest absolute Gasteiger partial charge is 0.113 e. The number of anilines is 1. The van der Waals surface area contributed by atoms with Crippen molar-refractivity contribution in [2.75, 3.05) is 11.9 Å². The first kappa shape index (κ1) is 7.15. The highest BCUT2D eigenvalue weighted by Gasteiger charge is 2.13. The number of imidazole rings is 1. The maximum absolute atomic E-state index is 4.16. The highest BCUT2D eigenvalue weighted by molar-refractivity contribution is 7.14. The molecule has 0 unspecified atom stereocenters. The van der Waals surface area contributed by atoms with Gasteiger partial charge in [-0.3, -0.25) is 0 Å². The summed E-state index contributed by atoms with van der Waals surface area (Å²) in [5.41, 5.74) is 2.51. The molecule has 66 valence electrons. The van der Waals surface area contributed by atoms with Crippen LogP contribution in [0.25, 0.3) is 5.69 Å². The number of aromatic nitrogens is 2. The molecule has 0 saturated carbocycles. The molecule has 3 heterocycles. The van der Waals surface area contributed by atoms with Gasteiger partial charge in [0.2, 0.25) is 0 Å². The van der Waals surface area contributed by atoms with Crippen LogP contribution in [0.3, 0.4) is 0 Å². The van der Waals surface area contributed by atoms with Crippen LogP contribution in [-0.2, 0) is 6.42 Å². The number of hydrogen-bond acceptors (Lipinski definition) is 3. The van der Waals surface area contributed by atoms with Crippen molar-refractivity contribution in [2.45, 2.75) is 6.42 Å². The fourth-order valence-corrected chi connectivity index (χ4v) is 2.46. The van der Waals surface area contributed by atoms with Crippen LogP contribution >= 0.6 is 11.3 Å². The molecule has 4 heteroatoms. The Balaban J connectivity index is 2.27. The lowest BCUT2D eigenvalue weighted by atomic mass is 10.3. The van der Waals surface area contributed by atoms with E-state index < -0.39 is 0 Å². The molecule has 1 N–H and O–H groups in total. The molecule has 13 heavy (non-hydrogen) atoms. The van der Waals surface area contributed by atoms with E-state index in [0.29, 0.717) is 0 Å². The second-order valence-corrected chi connectivity index (χ2v) is 3.98. The van der Waals surface area contributed by atoms with E-state index in [1.165, 1.54) is 16.4 Å². The summed E-state index contributed by atoms with van der Waals surface area (Å²) in [6.07, 6.45) is 4.86. The van der Waals surface area contributed by atoms with Gasteiger partial charge in [0.05, 0.1) is 12.0 Å². The fraction of sp³-hybridized carbons (Fsp3) is 0.222. The van der Waals surface area contributed by atoms with Gasteiger partial charge >= 0.3 is 0 Å². The average Bonchev–Trinajstić information content (AvgIpc) is 2.72. The zero-order chi connectivity index (χ0) is 8.67. The van der Waals surface area contributed by atoms with Gasteiger partial charge in [0.1, 0.15) is 5.00 Å². The van der Waals surface area contributed by atoms with Gasteiger partial charge in [-0.2, -0.15) is 0 Å². The van der Waals surface area contributed by atoms with Crippen LogP contribution < -0.4 is 5.32 Å². The third kappa shape index (κ3) is 0.986. The molecule has 3 rings (SSSR count). The first-order chi connectivity index (χ1) is 6.45. The molecule has 3 nitrogen and oxygen atoms in total. The van der Waals surface area contributed by atoms with Crippen LogP contribution in [0.15, 0.2) is 24.0 Å². The molecule has 0 spiro atoms. The molecule has 0 bridgehead atoms. The van der Waals surface area contributed by atoms with E-state index >= 15 is 0 Å². The SMILES string of the molecule is c1cc2c(s1)NCCc1cncn1-2. The van der Waals surface area contributed by atoms with Crippen molar-refractivity contribution in [2.24, 2.45) is 0 Å². The van der Waals surface area contributed by atoms with Gasteiger partial charge in [-0.25, -0.2) is 4.98 Å². The third-order valence-corrected chi connectivity index (χ3v) is 3.15. The van der Waals surface area contributed by atoms with Crippen molar-refractivity contribution < 1.29 is 0 Å². The van der Waals surface area contributed by atoms with E-state index in [-0.39, 0.29) is 0 Å². The summed E-state index contributed by atoms with van der Waals surface area (Å²) in [6, 6.07) is 2.13. The Kier molecular flexibility index (Phi) is 1.43. The Hall–Kier alpha value is -1.29. The van der Waals surface area contributed by atoms with Gasteiger partial charge in [0, 0.05) is 24.9 Å². The van der Waals surface area contributed by atoms with Crippen molar-refractivity contribution in [1.82, 2.24) is 9.55 Å². The largest absolute Gasteiger partial charge is 0.375 e. The molecule has 0 aliphatic carbocycles. The van der Waals surface area contributed by atoms with Crippen LogP contribution in [0.4, 0.5) is 5.00 Å². The summed E-state index contributed by atoms with van der Waals surface area (Å²) in [6.45, 7) is 0.999. The van der Waals surface area contributed by atoms with E-state index in [0.717, 1.165) is 13.0 Å². The van der Waals surface area contributed by atoms with Gasteiger partial charge in [-0.05, 0) is 11.4 Å². The summed E-state index contributed by atoms with van der Waals surface area (Å²) in [4.78, 5) is 4.16. The Bertz CT molecular complexity index is 389. The molecule has 2 aromatic heterocycles. The standard InChI is InChI=1S/C9H9N3S/c1-3-11-9-8(2-4-13-9)12-6-10-5-7(1)12/h2,4-6,11H,1,3H2. The molecule has 0 atom stereocenters. The molecule has 1 aliphatic heterocycles. The van der Waals surface area contributed by atoms with Crippen LogP contribution in [-0.4, -0.2) is 16.1 Å². The number of nitrogens with one attached hydrogen (secondary N) is 1. The second kappa shape index (κ2) is 2.60. The first-order valence-electron chi connectivity index (χ1n) is 4.28. The minimum Gasteiger partial charge on any atom is -0.375 e. The lowest BCUT2D eigenvalue weighted by Gasteiger charge is -2.01. The Labute approximate surface area is 80.0 Å². The van der Waals surface area contributed by atoms with Crippen LogP contribution in [0.5, 0.6) is 0 Å². The van der Waals surface area contributed by atoms with Crippen molar-refractivity contribution in [3.05, 3.63) is 29.7 Å². The van der Waals surface area contributed by atoms with Crippen molar-refractivity contribution in [3.8, 4) is 5.69 Å². The molecular weight excluding hydrogens is 182 g/mol. The maximum Gasteiger partial charge on any atom is 0.113 e. The van der Waals surface area contributed by atoms with Crippen molar-refractivity contribution >= 4 is 16.3 Å². The Morgan fingerprint density at radius 3 is 3.54 bits per heavy atom. The summed E-state index contributed by atoms with van der Waals surface area (Å²) in [5, 5.41) is 6.76. The molecule has 0 fully saturated rings. The topological polar surface area (TPSA) is 29.9 Å². The van der Waals surface area contributed by atoms with Gasteiger partial charge in [-0.15, -0.1) is 11.3 Å². The first-order valence-corrected chi connectivity index (χ1v) is 5.16. The molecule has 0 radical (unpaired) electrons. The van der Waals surface area contributed by atoms with E-state index in [9.17, 15) is 0 Å². The normalized spacial score (nSPS) is 14.2. The van der Waals surface area contributed by atoms with Gasteiger partial charge in [0.15, 0.2) is 0 Å². The number of rotatable bonds is 0. The average molecular weight is 191 g/mol. The monoisotopic (exact) mass is 191 g/mol. The fourth-order valence-electron chi connectivity index (χ4n) is 1.65. The van der Waals surface area contributed by atoms with Crippen molar-refractivity contribution in [3.63, 3.8) is 0 Å². The maximum atomic E-state index is 4.16. The molecular formula is C9H9N3S. The van der Waals surface area contributed by atoms with Gasteiger partial charge in [0.25, 0.3) is 0 Å². The number of fused-ring (bicyclic) bond motifs is 3. The Morgan fingerprint density at radius 1 is 1.54 bits per heavy atom. The lowest BCUT2D eigenvalue weighted by Crippen LogP contribution is -2.01. The summed E-state index contributed by atoms with van der Waals surface area (Å²) >= 11 is 1.75. The van der Waals surface area contributed by atoms with Gasteiger partial charge in [-0.1, -0.05) is 0 Å². The zero-order valence-corrected chi connectivity index (χ0v) is 7.84. The van der Waals surface area contributed by atoms with E-state index in [1.54, 1.807) is 11.3 Å². The van der Waals surface area contributed by atoms with Crippen molar-refractivity contribution in [1.29, 1.82) is 0 Å². The minimum atomic E-state index is 0.999. The molecule has 1 aliphatic rings. The summed E-state index contributed by atoms with van der Waals surface area (Å²) < 4.78 is 2.16. The molecule has 0 saturated heterocycles. The summed E-state index contributed by atoms with van der Waals surface area (Å²) in [5.74, 6) is 0. The van der Waals surface area contributed by atoms with Crippen LogP contribution in [0.1, 0.15) is 5.69 Å². The number of nitrogens with zero attached hydrogens (tertiary/aromatic N) is 2. The zero-order valence-electron chi connectivity index (χ0n) is 7.03. The van der Waals surface area contributed by atoms with E-state index in [1.807, 2.05) is 12.5 Å². The van der Waals surface area contributed by atoms with E-state index in [4.69, 9.17) is 0 Å². The van der Waals surface area contributed by atoms with E-state index in [2.05, 4.69) is 26.3 Å². The van der Waals surface area contributed by atoms with Gasteiger partial charge < -0.3 is 9.88 Å². The minimum absolute atomic E-state index is 0.999. The predicted octanol–water partition coefficient (Wildman–Crippen LogP) is 1.90.